The Labute approximate surface area is 88.6 Å². The zero-order chi connectivity index (χ0) is 10.7. The smallest absolute Gasteiger partial charge is 0.211 e. The lowest BCUT2D eigenvalue weighted by Gasteiger charge is -2.03. The Morgan fingerprint density at radius 1 is 1.07 bits per heavy atom. The SMILES string of the molecule is Cc1ccccc1C(=O)c1ccccn1. The monoisotopic (exact) mass is 197 g/mol. The van der Waals surface area contributed by atoms with Crippen LogP contribution >= 0.6 is 0 Å². The van der Waals surface area contributed by atoms with Crippen LogP contribution < -0.4 is 0 Å². The van der Waals surface area contributed by atoms with Gasteiger partial charge in [0.2, 0.25) is 5.78 Å². The van der Waals surface area contributed by atoms with Gasteiger partial charge >= 0.3 is 0 Å². The molecule has 1 heterocycles. The highest BCUT2D eigenvalue weighted by Crippen LogP contribution is 2.11. The molecular formula is C13H11NO. The highest BCUT2D eigenvalue weighted by Gasteiger charge is 2.11. The molecule has 1 aromatic heterocycles. The molecule has 74 valence electrons. The predicted molar refractivity (Wildman–Crippen MR) is 58.8 cm³/mol. The second-order valence-corrected chi connectivity index (χ2v) is 3.36. The molecule has 0 unspecified atom stereocenters. The molecule has 0 radical (unpaired) electrons. The van der Waals surface area contributed by atoms with Gasteiger partial charge in [0.25, 0.3) is 0 Å². The molecule has 0 aliphatic heterocycles. The van der Waals surface area contributed by atoms with Crippen molar-refractivity contribution in [3.8, 4) is 0 Å². The lowest BCUT2D eigenvalue weighted by Crippen LogP contribution is -2.05. The third kappa shape index (κ3) is 1.94. The van der Waals surface area contributed by atoms with Crippen LogP contribution in [0.25, 0.3) is 0 Å². The van der Waals surface area contributed by atoms with Gasteiger partial charge in [-0.2, -0.15) is 0 Å². The zero-order valence-electron chi connectivity index (χ0n) is 8.47. The minimum Gasteiger partial charge on any atom is -0.287 e. The Morgan fingerprint density at radius 2 is 1.80 bits per heavy atom. The lowest BCUT2D eigenvalue weighted by molar-refractivity contribution is 0.103. The van der Waals surface area contributed by atoms with E-state index in [9.17, 15) is 4.79 Å². The first-order valence-corrected chi connectivity index (χ1v) is 4.80. The molecule has 0 aliphatic rings. The molecule has 0 atom stereocenters. The van der Waals surface area contributed by atoms with Crippen LogP contribution in [0.4, 0.5) is 0 Å². The summed E-state index contributed by atoms with van der Waals surface area (Å²) in [5, 5.41) is 0. The second-order valence-electron chi connectivity index (χ2n) is 3.36. The maximum atomic E-state index is 12.0. The van der Waals surface area contributed by atoms with Gasteiger partial charge in [0.15, 0.2) is 0 Å². The Morgan fingerprint density at radius 3 is 2.47 bits per heavy atom. The van der Waals surface area contributed by atoms with Gasteiger partial charge in [-0.05, 0) is 24.6 Å². The van der Waals surface area contributed by atoms with Crippen molar-refractivity contribution >= 4 is 5.78 Å². The van der Waals surface area contributed by atoms with Crippen LogP contribution in [0.1, 0.15) is 21.6 Å². The van der Waals surface area contributed by atoms with Crippen molar-refractivity contribution in [3.05, 3.63) is 65.5 Å². The highest BCUT2D eigenvalue weighted by atomic mass is 16.1. The molecule has 1 aromatic carbocycles. The van der Waals surface area contributed by atoms with Gasteiger partial charge in [0.1, 0.15) is 5.69 Å². The number of benzene rings is 1. The number of aromatic nitrogens is 1. The van der Waals surface area contributed by atoms with E-state index < -0.39 is 0 Å². The Hall–Kier alpha value is -1.96. The van der Waals surface area contributed by atoms with Crippen molar-refractivity contribution in [3.63, 3.8) is 0 Å². The number of carbonyl (C=O) groups excluding carboxylic acids is 1. The van der Waals surface area contributed by atoms with E-state index in [1.54, 1.807) is 18.3 Å². The summed E-state index contributed by atoms with van der Waals surface area (Å²) in [6, 6.07) is 12.9. The average molecular weight is 197 g/mol. The van der Waals surface area contributed by atoms with Crippen LogP contribution in [-0.2, 0) is 0 Å². The number of hydrogen-bond acceptors (Lipinski definition) is 2. The van der Waals surface area contributed by atoms with Gasteiger partial charge in [-0.3, -0.25) is 9.78 Å². The number of aryl methyl sites for hydroxylation is 1. The molecule has 0 saturated carbocycles. The quantitative estimate of drug-likeness (QED) is 0.693. The fraction of sp³-hybridized carbons (Fsp3) is 0.0769. The largest absolute Gasteiger partial charge is 0.287 e. The van der Waals surface area contributed by atoms with Crippen molar-refractivity contribution in [2.75, 3.05) is 0 Å². The fourth-order valence-corrected chi connectivity index (χ4v) is 1.46. The van der Waals surface area contributed by atoms with Crippen LogP contribution in [0.5, 0.6) is 0 Å². The summed E-state index contributed by atoms with van der Waals surface area (Å²) in [7, 11) is 0. The number of nitrogens with zero attached hydrogens (tertiary/aromatic N) is 1. The van der Waals surface area contributed by atoms with Crippen molar-refractivity contribution < 1.29 is 4.79 Å². The molecular weight excluding hydrogens is 186 g/mol. The standard InChI is InChI=1S/C13H11NO/c1-10-6-2-3-7-11(10)13(15)12-8-4-5-9-14-12/h2-9H,1H3. The normalized spacial score (nSPS) is 9.93. The van der Waals surface area contributed by atoms with Crippen molar-refractivity contribution in [1.82, 2.24) is 4.98 Å². The number of hydrogen-bond donors (Lipinski definition) is 0. The van der Waals surface area contributed by atoms with Gasteiger partial charge in [-0.1, -0.05) is 30.3 Å². The third-order valence-corrected chi connectivity index (χ3v) is 2.29. The molecule has 2 heteroatoms. The maximum absolute atomic E-state index is 12.0. The molecule has 0 spiro atoms. The van der Waals surface area contributed by atoms with E-state index in [0.29, 0.717) is 5.69 Å². The van der Waals surface area contributed by atoms with Crippen molar-refractivity contribution in [2.45, 2.75) is 6.92 Å². The van der Waals surface area contributed by atoms with E-state index in [1.807, 2.05) is 37.3 Å². The van der Waals surface area contributed by atoms with Crippen molar-refractivity contribution in [1.29, 1.82) is 0 Å². The molecule has 2 rings (SSSR count). The van der Waals surface area contributed by atoms with Crippen molar-refractivity contribution in [2.24, 2.45) is 0 Å². The summed E-state index contributed by atoms with van der Waals surface area (Å²) < 4.78 is 0. The molecule has 2 aromatic rings. The second kappa shape index (κ2) is 4.05. The van der Waals surface area contributed by atoms with Crippen LogP contribution in [0.2, 0.25) is 0 Å². The Bertz CT molecular complexity index is 477. The summed E-state index contributed by atoms with van der Waals surface area (Å²) >= 11 is 0. The lowest BCUT2D eigenvalue weighted by atomic mass is 10.0. The summed E-state index contributed by atoms with van der Waals surface area (Å²) in [4.78, 5) is 16.1. The number of pyridine rings is 1. The summed E-state index contributed by atoms with van der Waals surface area (Å²) in [6.07, 6.45) is 1.63. The van der Waals surface area contributed by atoms with Crippen LogP contribution in [0, 0.1) is 6.92 Å². The van der Waals surface area contributed by atoms with Crippen LogP contribution in [0.3, 0.4) is 0 Å². The number of carbonyl (C=O) groups is 1. The minimum absolute atomic E-state index is 0.0197. The van der Waals surface area contributed by atoms with Gasteiger partial charge in [0, 0.05) is 11.8 Å². The van der Waals surface area contributed by atoms with E-state index in [1.165, 1.54) is 0 Å². The van der Waals surface area contributed by atoms with Crippen LogP contribution in [-0.4, -0.2) is 10.8 Å². The van der Waals surface area contributed by atoms with Gasteiger partial charge in [-0.15, -0.1) is 0 Å². The van der Waals surface area contributed by atoms with E-state index in [4.69, 9.17) is 0 Å². The summed E-state index contributed by atoms with van der Waals surface area (Å²) in [6.45, 7) is 1.93. The average Bonchev–Trinajstić information content (AvgIpc) is 2.30. The first-order valence-electron chi connectivity index (χ1n) is 4.80. The summed E-state index contributed by atoms with van der Waals surface area (Å²) in [5.74, 6) is -0.0197. The van der Waals surface area contributed by atoms with Gasteiger partial charge in [0.05, 0.1) is 0 Å². The molecule has 0 fully saturated rings. The first kappa shape index (κ1) is 9.59. The third-order valence-electron chi connectivity index (χ3n) is 2.29. The first-order chi connectivity index (χ1) is 7.29. The number of ketones is 1. The van der Waals surface area contributed by atoms with Gasteiger partial charge in [-0.25, -0.2) is 0 Å². The molecule has 0 bridgehead atoms. The fourth-order valence-electron chi connectivity index (χ4n) is 1.46. The predicted octanol–water partition coefficient (Wildman–Crippen LogP) is 2.62. The minimum atomic E-state index is -0.0197. The topological polar surface area (TPSA) is 30.0 Å². The zero-order valence-corrected chi connectivity index (χ0v) is 8.47. The van der Waals surface area contributed by atoms with E-state index >= 15 is 0 Å². The van der Waals surface area contributed by atoms with E-state index in [-0.39, 0.29) is 5.78 Å². The molecule has 0 saturated heterocycles. The maximum Gasteiger partial charge on any atom is 0.211 e. The Balaban J connectivity index is 2.42. The molecule has 0 amide bonds. The molecule has 0 aliphatic carbocycles. The van der Waals surface area contributed by atoms with E-state index in [2.05, 4.69) is 4.98 Å². The molecule has 0 N–H and O–H groups in total. The highest BCUT2D eigenvalue weighted by molar-refractivity contribution is 6.08. The molecule has 15 heavy (non-hydrogen) atoms. The summed E-state index contributed by atoms with van der Waals surface area (Å²) in [5.41, 5.74) is 2.19. The molecule has 2 nitrogen and oxygen atoms in total. The number of rotatable bonds is 2. The Kier molecular flexibility index (Phi) is 2.59. The van der Waals surface area contributed by atoms with Crippen LogP contribution in [0.15, 0.2) is 48.7 Å². The van der Waals surface area contributed by atoms with E-state index in [0.717, 1.165) is 11.1 Å². The van der Waals surface area contributed by atoms with Gasteiger partial charge < -0.3 is 0 Å².